The number of nitrogens with one attached hydrogen (secondary N) is 1. The Morgan fingerprint density at radius 2 is 2.04 bits per heavy atom. The number of benzene rings is 1. The molecule has 0 heterocycles. The fourth-order valence-corrected chi connectivity index (χ4v) is 2.62. The third-order valence-corrected chi connectivity index (χ3v) is 3.95. The van der Waals surface area contributed by atoms with Crippen molar-refractivity contribution in [2.45, 2.75) is 32.9 Å². The molecule has 0 aromatic heterocycles. The summed E-state index contributed by atoms with van der Waals surface area (Å²) in [7, 11) is 0. The molecule has 1 aliphatic carbocycles. The molecule has 0 saturated heterocycles. The van der Waals surface area contributed by atoms with E-state index < -0.39 is 30.3 Å². The third-order valence-electron chi connectivity index (χ3n) is 3.95. The van der Waals surface area contributed by atoms with Crippen LogP contribution in [0.15, 0.2) is 18.2 Å². The lowest BCUT2D eigenvalue weighted by Crippen LogP contribution is -2.43. The first-order valence-electron chi connectivity index (χ1n) is 7.64. The Kier molecular flexibility index (Phi) is 5.94. The molecule has 0 radical (unpaired) electrons. The van der Waals surface area contributed by atoms with E-state index in [1.807, 2.05) is 0 Å². The van der Waals surface area contributed by atoms with E-state index in [0.29, 0.717) is 18.4 Å². The molecule has 2 unspecified atom stereocenters. The van der Waals surface area contributed by atoms with Gasteiger partial charge in [0.15, 0.2) is 11.5 Å². The molecule has 2 atom stereocenters. The van der Waals surface area contributed by atoms with Crippen molar-refractivity contribution in [2.24, 2.45) is 11.8 Å². The predicted molar refractivity (Wildman–Crippen MR) is 79.9 cm³/mol. The summed E-state index contributed by atoms with van der Waals surface area (Å²) in [5.74, 6) is -2.64. The summed E-state index contributed by atoms with van der Waals surface area (Å²) >= 11 is 0. The molecule has 0 aliphatic heterocycles. The van der Waals surface area contributed by atoms with Crippen LogP contribution in [0.1, 0.15) is 25.3 Å². The predicted octanol–water partition coefficient (Wildman–Crippen LogP) is 2.41. The largest absolute Gasteiger partial charge is 0.490 e. The Morgan fingerprint density at radius 3 is 2.58 bits per heavy atom. The van der Waals surface area contributed by atoms with E-state index in [1.165, 1.54) is 12.1 Å². The zero-order valence-corrected chi connectivity index (χ0v) is 13.1. The van der Waals surface area contributed by atoms with Crippen LogP contribution < -0.4 is 14.8 Å². The number of ether oxygens (including phenoxy) is 2. The van der Waals surface area contributed by atoms with Crippen molar-refractivity contribution in [2.75, 3.05) is 6.61 Å². The minimum atomic E-state index is -3.02. The maximum Gasteiger partial charge on any atom is 0.387 e. The normalized spacial score (nSPS) is 19.5. The fraction of sp³-hybridized carbons (Fsp3) is 0.500. The molecule has 1 fully saturated rings. The molecule has 24 heavy (non-hydrogen) atoms. The van der Waals surface area contributed by atoms with Crippen molar-refractivity contribution < 1.29 is 33.0 Å². The molecule has 0 spiro atoms. The first kappa shape index (κ1) is 18.0. The second-order valence-electron chi connectivity index (χ2n) is 5.40. The number of hydrogen-bond donors (Lipinski definition) is 2. The lowest BCUT2D eigenvalue weighted by Gasteiger charge is -2.32. The zero-order valence-electron chi connectivity index (χ0n) is 13.1. The number of carboxylic acid groups (broad SMARTS) is 1. The van der Waals surface area contributed by atoms with E-state index in [0.717, 1.165) is 0 Å². The van der Waals surface area contributed by atoms with Gasteiger partial charge in [-0.3, -0.25) is 9.59 Å². The maximum atomic E-state index is 12.6. The van der Waals surface area contributed by atoms with Crippen LogP contribution in [0.2, 0.25) is 0 Å². The van der Waals surface area contributed by atoms with E-state index >= 15 is 0 Å². The molecule has 0 bridgehead atoms. The van der Waals surface area contributed by atoms with Gasteiger partial charge in [0.1, 0.15) is 0 Å². The molecular formula is C16H19F2NO5. The quantitative estimate of drug-likeness (QED) is 0.757. The van der Waals surface area contributed by atoms with Gasteiger partial charge in [-0.05, 0) is 25.8 Å². The van der Waals surface area contributed by atoms with Crippen molar-refractivity contribution in [3.05, 3.63) is 23.8 Å². The molecule has 1 aromatic rings. The highest BCUT2D eigenvalue weighted by molar-refractivity contribution is 5.86. The number of para-hydroxylation sites is 1. The number of rotatable bonds is 8. The van der Waals surface area contributed by atoms with Crippen LogP contribution in [0.5, 0.6) is 11.5 Å². The minimum Gasteiger partial charge on any atom is -0.490 e. The van der Waals surface area contributed by atoms with Crippen LogP contribution in [0.25, 0.3) is 0 Å². The molecule has 1 aromatic carbocycles. The van der Waals surface area contributed by atoms with Gasteiger partial charge in [0, 0.05) is 12.1 Å². The van der Waals surface area contributed by atoms with E-state index in [2.05, 4.69) is 10.1 Å². The van der Waals surface area contributed by atoms with Gasteiger partial charge in [0.25, 0.3) is 0 Å². The fourth-order valence-electron chi connectivity index (χ4n) is 2.62. The number of amides is 1. The van der Waals surface area contributed by atoms with Crippen LogP contribution in [0.3, 0.4) is 0 Å². The summed E-state index contributed by atoms with van der Waals surface area (Å²) in [4.78, 5) is 23.0. The smallest absolute Gasteiger partial charge is 0.387 e. The van der Waals surface area contributed by atoms with Gasteiger partial charge in [-0.25, -0.2) is 0 Å². The molecule has 1 aliphatic rings. The summed E-state index contributed by atoms with van der Waals surface area (Å²) in [5.41, 5.74) is 0.334. The van der Waals surface area contributed by atoms with Crippen LogP contribution in [0, 0.1) is 11.8 Å². The van der Waals surface area contributed by atoms with Crippen molar-refractivity contribution in [3.63, 3.8) is 0 Å². The zero-order chi connectivity index (χ0) is 17.7. The van der Waals surface area contributed by atoms with Gasteiger partial charge >= 0.3 is 12.6 Å². The summed E-state index contributed by atoms with van der Waals surface area (Å²) in [5, 5.41) is 11.6. The molecule has 1 saturated carbocycles. The maximum absolute atomic E-state index is 12.6. The number of hydrogen-bond acceptors (Lipinski definition) is 4. The molecular weight excluding hydrogens is 324 g/mol. The van der Waals surface area contributed by atoms with E-state index in [1.54, 1.807) is 13.0 Å². The molecule has 8 heteroatoms. The lowest BCUT2D eigenvalue weighted by molar-refractivity contribution is -0.152. The lowest BCUT2D eigenvalue weighted by atomic mass is 9.73. The Bertz CT molecular complexity index is 608. The van der Waals surface area contributed by atoms with Crippen molar-refractivity contribution in [1.29, 1.82) is 0 Å². The number of carbonyl (C=O) groups is 2. The highest BCUT2D eigenvalue weighted by Gasteiger charge is 2.41. The average Bonchev–Trinajstić information content (AvgIpc) is 2.45. The highest BCUT2D eigenvalue weighted by atomic mass is 19.3. The average molecular weight is 343 g/mol. The third kappa shape index (κ3) is 4.12. The second-order valence-corrected chi connectivity index (χ2v) is 5.40. The Hall–Kier alpha value is -2.38. The minimum absolute atomic E-state index is 0.0510. The SMILES string of the molecule is CCOc1cccc(CNC(=O)C2CCC2C(=O)O)c1OC(F)F. The van der Waals surface area contributed by atoms with Gasteiger partial charge < -0.3 is 19.9 Å². The standard InChI is InChI=1S/C16H19F2NO5/c1-2-23-12-5-3-4-9(13(12)24-16(17)18)8-19-14(20)10-6-7-11(10)15(21)22/h3-5,10-11,16H,2,6-8H2,1H3,(H,19,20)(H,21,22). The Balaban J connectivity index is 2.07. The van der Waals surface area contributed by atoms with Crippen molar-refractivity contribution in [1.82, 2.24) is 5.32 Å². The van der Waals surface area contributed by atoms with E-state index in [-0.39, 0.29) is 24.7 Å². The van der Waals surface area contributed by atoms with Crippen LogP contribution in [0.4, 0.5) is 8.78 Å². The summed E-state index contributed by atoms with van der Waals surface area (Å²) in [6.07, 6.45) is 0.967. The van der Waals surface area contributed by atoms with E-state index in [4.69, 9.17) is 9.84 Å². The molecule has 1 amide bonds. The van der Waals surface area contributed by atoms with Gasteiger partial charge in [0.05, 0.1) is 18.4 Å². The topological polar surface area (TPSA) is 84.9 Å². The number of aliphatic carboxylic acids is 1. The van der Waals surface area contributed by atoms with Gasteiger partial charge in [0.2, 0.25) is 5.91 Å². The number of carbonyl (C=O) groups excluding carboxylic acids is 1. The van der Waals surface area contributed by atoms with E-state index in [9.17, 15) is 18.4 Å². The number of halogens is 2. The summed E-state index contributed by atoms with van der Waals surface area (Å²) in [6, 6.07) is 4.64. The molecule has 2 N–H and O–H groups in total. The number of alkyl halides is 2. The van der Waals surface area contributed by atoms with Crippen LogP contribution >= 0.6 is 0 Å². The van der Waals surface area contributed by atoms with Crippen LogP contribution in [-0.4, -0.2) is 30.2 Å². The van der Waals surface area contributed by atoms with Crippen molar-refractivity contribution >= 4 is 11.9 Å². The van der Waals surface area contributed by atoms with Crippen molar-refractivity contribution in [3.8, 4) is 11.5 Å². The second kappa shape index (κ2) is 7.94. The van der Waals surface area contributed by atoms with Gasteiger partial charge in [-0.15, -0.1) is 0 Å². The van der Waals surface area contributed by atoms with Gasteiger partial charge in [-0.2, -0.15) is 8.78 Å². The number of carboxylic acids is 1. The highest BCUT2D eigenvalue weighted by Crippen LogP contribution is 2.35. The molecule has 2 rings (SSSR count). The molecule has 6 nitrogen and oxygen atoms in total. The first-order valence-corrected chi connectivity index (χ1v) is 7.64. The first-order chi connectivity index (χ1) is 11.4. The summed E-state index contributed by atoms with van der Waals surface area (Å²) in [6.45, 7) is -1.09. The Morgan fingerprint density at radius 1 is 1.33 bits per heavy atom. The van der Waals surface area contributed by atoms with Gasteiger partial charge in [-0.1, -0.05) is 12.1 Å². The van der Waals surface area contributed by atoms with Crippen LogP contribution in [-0.2, 0) is 16.1 Å². The summed E-state index contributed by atoms with van der Waals surface area (Å²) < 4.78 is 35.0. The monoisotopic (exact) mass is 343 g/mol. The Labute approximate surface area is 137 Å². The molecule has 132 valence electrons.